The molecule has 0 unspecified atom stereocenters. The lowest BCUT2D eigenvalue weighted by Crippen LogP contribution is -2.23. The zero-order valence-corrected chi connectivity index (χ0v) is 12.2. The second kappa shape index (κ2) is 5.21. The maximum Gasteiger partial charge on any atom is 0.260 e. The second-order valence-electron chi connectivity index (χ2n) is 5.06. The van der Waals surface area contributed by atoms with Gasteiger partial charge in [-0.15, -0.1) is 0 Å². The van der Waals surface area contributed by atoms with Gasteiger partial charge in [0.2, 0.25) is 0 Å². The van der Waals surface area contributed by atoms with E-state index in [4.69, 9.17) is 10.5 Å². The Morgan fingerprint density at radius 3 is 2.71 bits per heavy atom. The quantitative estimate of drug-likeness (QED) is 0.738. The average molecular weight is 286 g/mol. The lowest BCUT2D eigenvalue weighted by Gasteiger charge is -2.11. The van der Waals surface area contributed by atoms with Gasteiger partial charge in [-0.25, -0.2) is 4.68 Å². The SMILES string of the molecule is COCCCn1c(=O)c2ccccc2c2c(N)nn(C)c21. The Kier molecular flexibility index (Phi) is 3.39. The predicted octanol–water partition coefficient (Wildman–Crippen LogP) is 1.51. The van der Waals surface area contributed by atoms with Gasteiger partial charge in [0.1, 0.15) is 5.65 Å². The fraction of sp³-hybridized carbons (Fsp3) is 0.333. The lowest BCUT2D eigenvalue weighted by molar-refractivity contribution is 0.190. The number of nitrogens with zero attached hydrogens (tertiary/aromatic N) is 3. The molecule has 1 aromatic carbocycles. The van der Waals surface area contributed by atoms with E-state index >= 15 is 0 Å². The summed E-state index contributed by atoms with van der Waals surface area (Å²) in [6.07, 6.45) is 0.759. The first-order valence-corrected chi connectivity index (χ1v) is 6.87. The van der Waals surface area contributed by atoms with Crippen molar-refractivity contribution in [2.45, 2.75) is 13.0 Å². The van der Waals surface area contributed by atoms with Gasteiger partial charge in [0.25, 0.3) is 5.56 Å². The second-order valence-corrected chi connectivity index (χ2v) is 5.06. The molecule has 0 atom stereocenters. The van der Waals surface area contributed by atoms with Crippen molar-refractivity contribution < 1.29 is 4.74 Å². The van der Waals surface area contributed by atoms with Crippen LogP contribution in [0.3, 0.4) is 0 Å². The Hall–Kier alpha value is -2.34. The number of nitrogen functional groups attached to an aromatic ring is 1. The predicted molar refractivity (Wildman–Crippen MR) is 83.4 cm³/mol. The number of nitrogens with two attached hydrogens (primary N) is 1. The highest BCUT2D eigenvalue weighted by Gasteiger charge is 2.16. The Labute approximate surface area is 121 Å². The Morgan fingerprint density at radius 1 is 1.29 bits per heavy atom. The van der Waals surface area contributed by atoms with Gasteiger partial charge in [0.05, 0.1) is 5.39 Å². The van der Waals surface area contributed by atoms with E-state index in [2.05, 4.69) is 5.10 Å². The minimum Gasteiger partial charge on any atom is -0.385 e. The summed E-state index contributed by atoms with van der Waals surface area (Å²) in [5, 5.41) is 6.63. The maximum atomic E-state index is 12.7. The summed E-state index contributed by atoms with van der Waals surface area (Å²) in [4.78, 5) is 12.7. The highest BCUT2D eigenvalue weighted by molar-refractivity contribution is 6.09. The van der Waals surface area contributed by atoms with Gasteiger partial charge in [0, 0.05) is 38.1 Å². The number of rotatable bonds is 4. The molecular weight excluding hydrogens is 268 g/mol. The van der Waals surface area contributed by atoms with Gasteiger partial charge >= 0.3 is 0 Å². The molecule has 0 saturated carbocycles. The van der Waals surface area contributed by atoms with Crippen LogP contribution in [0.2, 0.25) is 0 Å². The van der Waals surface area contributed by atoms with Gasteiger partial charge < -0.3 is 10.5 Å². The van der Waals surface area contributed by atoms with E-state index in [0.29, 0.717) is 24.4 Å². The summed E-state index contributed by atoms with van der Waals surface area (Å²) < 4.78 is 8.48. The topological polar surface area (TPSA) is 75.1 Å². The Bertz CT molecular complexity index is 863. The van der Waals surface area contributed by atoms with Gasteiger partial charge in [0.15, 0.2) is 5.82 Å². The molecule has 2 heterocycles. The van der Waals surface area contributed by atoms with E-state index in [1.54, 1.807) is 23.4 Å². The molecule has 0 aliphatic carbocycles. The largest absolute Gasteiger partial charge is 0.385 e. The molecule has 0 bridgehead atoms. The number of hydrogen-bond donors (Lipinski definition) is 1. The van der Waals surface area contributed by atoms with Crippen LogP contribution < -0.4 is 11.3 Å². The van der Waals surface area contributed by atoms with Crippen LogP contribution in [0.1, 0.15) is 6.42 Å². The molecule has 3 rings (SSSR count). The van der Waals surface area contributed by atoms with Crippen molar-refractivity contribution in [3.63, 3.8) is 0 Å². The highest BCUT2D eigenvalue weighted by atomic mass is 16.5. The summed E-state index contributed by atoms with van der Waals surface area (Å²) in [6.45, 7) is 1.18. The summed E-state index contributed by atoms with van der Waals surface area (Å²) in [5.74, 6) is 0.448. The minimum absolute atomic E-state index is 0.0165. The van der Waals surface area contributed by atoms with Gasteiger partial charge in [-0.05, 0) is 12.5 Å². The first-order valence-electron chi connectivity index (χ1n) is 6.87. The van der Waals surface area contributed by atoms with E-state index in [-0.39, 0.29) is 5.56 Å². The van der Waals surface area contributed by atoms with E-state index in [1.807, 2.05) is 24.3 Å². The average Bonchev–Trinajstić information content (AvgIpc) is 2.78. The standard InChI is InChI=1S/C15H18N4O2/c1-18-14-12(13(16)17-18)10-6-3-4-7-11(10)15(20)19(14)8-5-9-21-2/h3-4,6-7H,5,8-9H2,1-2H3,(H2,16,17). The number of fused-ring (bicyclic) bond motifs is 3. The van der Waals surface area contributed by atoms with E-state index in [1.165, 1.54) is 0 Å². The molecule has 21 heavy (non-hydrogen) atoms. The molecule has 0 amide bonds. The number of hydrogen-bond acceptors (Lipinski definition) is 4. The molecule has 0 spiro atoms. The van der Waals surface area contributed by atoms with Crippen molar-refractivity contribution in [1.29, 1.82) is 0 Å². The monoisotopic (exact) mass is 286 g/mol. The van der Waals surface area contributed by atoms with Crippen LogP contribution in [0.15, 0.2) is 29.1 Å². The fourth-order valence-electron chi connectivity index (χ4n) is 2.81. The third-order valence-electron chi connectivity index (χ3n) is 3.70. The Balaban J connectivity index is 2.37. The zero-order chi connectivity index (χ0) is 15.0. The number of aryl methyl sites for hydroxylation is 2. The molecule has 0 aliphatic rings. The maximum absolute atomic E-state index is 12.7. The van der Waals surface area contributed by atoms with Crippen LogP contribution in [0, 0.1) is 0 Å². The Morgan fingerprint density at radius 2 is 2.00 bits per heavy atom. The fourth-order valence-corrected chi connectivity index (χ4v) is 2.81. The molecular formula is C15H18N4O2. The normalized spacial score (nSPS) is 11.5. The zero-order valence-electron chi connectivity index (χ0n) is 12.2. The molecule has 6 nitrogen and oxygen atoms in total. The summed E-state index contributed by atoms with van der Waals surface area (Å²) in [5.41, 5.74) is 6.79. The molecule has 0 radical (unpaired) electrons. The molecule has 2 aromatic heterocycles. The smallest absolute Gasteiger partial charge is 0.260 e. The number of aromatic nitrogens is 3. The van der Waals surface area contributed by atoms with E-state index < -0.39 is 0 Å². The third-order valence-corrected chi connectivity index (χ3v) is 3.70. The summed E-state index contributed by atoms with van der Waals surface area (Å²) in [6, 6.07) is 7.51. The van der Waals surface area contributed by atoms with E-state index in [0.717, 1.165) is 22.8 Å². The molecule has 3 aromatic rings. The van der Waals surface area contributed by atoms with Crippen LogP contribution >= 0.6 is 0 Å². The van der Waals surface area contributed by atoms with Crippen molar-refractivity contribution in [2.75, 3.05) is 19.5 Å². The molecule has 0 saturated heterocycles. The van der Waals surface area contributed by atoms with Crippen molar-refractivity contribution >= 4 is 27.6 Å². The third kappa shape index (κ3) is 2.08. The minimum atomic E-state index is -0.0165. The van der Waals surface area contributed by atoms with Crippen LogP contribution in [0.4, 0.5) is 5.82 Å². The van der Waals surface area contributed by atoms with Crippen molar-refractivity contribution in [1.82, 2.24) is 14.3 Å². The van der Waals surface area contributed by atoms with Gasteiger partial charge in [-0.1, -0.05) is 18.2 Å². The number of ether oxygens (including phenoxy) is 1. The molecule has 0 aliphatic heterocycles. The molecule has 110 valence electrons. The molecule has 6 heteroatoms. The number of anilines is 1. The summed E-state index contributed by atoms with van der Waals surface area (Å²) in [7, 11) is 3.46. The van der Waals surface area contributed by atoms with Crippen molar-refractivity contribution in [2.24, 2.45) is 7.05 Å². The van der Waals surface area contributed by atoms with Gasteiger partial charge in [-0.3, -0.25) is 9.36 Å². The first kappa shape index (κ1) is 13.6. The first-order chi connectivity index (χ1) is 10.1. The highest BCUT2D eigenvalue weighted by Crippen LogP contribution is 2.27. The number of methoxy groups -OCH3 is 1. The van der Waals surface area contributed by atoms with Crippen LogP contribution in [0.25, 0.3) is 21.8 Å². The number of pyridine rings is 1. The van der Waals surface area contributed by atoms with Crippen molar-refractivity contribution in [3.8, 4) is 0 Å². The van der Waals surface area contributed by atoms with Crippen molar-refractivity contribution in [3.05, 3.63) is 34.6 Å². The van der Waals surface area contributed by atoms with Crippen LogP contribution in [-0.2, 0) is 18.3 Å². The summed E-state index contributed by atoms with van der Waals surface area (Å²) >= 11 is 0. The lowest BCUT2D eigenvalue weighted by atomic mass is 10.1. The van der Waals surface area contributed by atoms with E-state index in [9.17, 15) is 4.79 Å². The van der Waals surface area contributed by atoms with Crippen LogP contribution in [-0.4, -0.2) is 28.1 Å². The van der Waals surface area contributed by atoms with Gasteiger partial charge in [-0.2, -0.15) is 5.10 Å². The molecule has 2 N–H and O–H groups in total. The van der Waals surface area contributed by atoms with Crippen LogP contribution in [0.5, 0.6) is 0 Å². The molecule has 0 fully saturated rings. The number of benzene rings is 1.